The Morgan fingerprint density at radius 3 is 2.65 bits per heavy atom. The maximum atomic E-state index is 12.0. The number of hydrogen-bond donors (Lipinski definition) is 2. The first-order valence-electron chi connectivity index (χ1n) is 6.41. The second-order valence-corrected chi connectivity index (χ2v) is 5.62. The number of amides is 1. The SMILES string of the molecule is CC(C)(C)NC(=O)COC(=O)c1c[nH]c2ccccc12. The second-order valence-electron chi connectivity index (χ2n) is 5.62. The van der Waals surface area contributed by atoms with Gasteiger partial charge >= 0.3 is 5.97 Å². The summed E-state index contributed by atoms with van der Waals surface area (Å²) >= 11 is 0. The maximum absolute atomic E-state index is 12.0. The van der Waals surface area contributed by atoms with Crippen LogP contribution in [0.3, 0.4) is 0 Å². The monoisotopic (exact) mass is 274 g/mol. The van der Waals surface area contributed by atoms with Crippen LogP contribution in [0, 0.1) is 0 Å². The Morgan fingerprint density at radius 2 is 1.95 bits per heavy atom. The van der Waals surface area contributed by atoms with E-state index in [1.807, 2.05) is 45.0 Å². The molecule has 5 nitrogen and oxygen atoms in total. The summed E-state index contributed by atoms with van der Waals surface area (Å²) in [6, 6.07) is 7.43. The van der Waals surface area contributed by atoms with Gasteiger partial charge in [-0.05, 0) is 26.8 Å². The fourth-order valence-corrected chi connectivity index (χ4v) is 1.90. The molecule has 2 N–H and O–H groups in total. The molecule has 1 heterocycles. The summed E-state index contributed by atoms with van der Waals surface area (Å²) in [6.07, 6.45) is 1.59. The van der Waals surface area contributed by atoms with Crippen LogP contribution >= 0.6 is 0 Å². The van der Waals surface area contributed by atoms with Crippen molar-refractivity contribution in [3.63, 3.8) is 0 Å². The number of H-pyrrole nitrogens is 1. The van der Waals surface area contributed by atoms with Crippen molar-refractivity contribution in [2.24, 2.45) is 0 Å². The van der Waals surface area contributed by atoms with Crippen LogP contribution in [0.15, 0.2) is 30.5 Å². The van der Waals surface area contributed by atoms with Crippen LogP contribution in [0.1, 0.15) is 31.1 Å². The Hall–Kier alpha value is -2.30. The third-order valence-corrected chi connectivity index (χ3v) is 2.66. The van der Waals surface area contributed by atoms with Crippen molar-refractivity contribution < 1.29 is 14.3 Å². The third kappa shape index (κ3) is 3.38. The average molecular weight is 274 g/mol. The van der Waals surface area contributed by atoms with Crippen molar-refractivity contribution in [3.8, 4) is 0 Å². The number of fused-ring (bicyclic) bond motifs is 1. The van der Waals surface area contributed by atoms with Crippen molar-refractivity contribution in [2.75, 3.05) is 6.61 Å². The third-order valence-electron chi connectivity index (χ3n) is 2.66. The molecule has 0 bridgehead atoms. The smallest absolute Gasteiger partial charge is 0.340 e. The van der Waals surface area contributed by atoms with Gasteiger partial charge in [0.2, 0.25) is 0 Å². The quantitative estimate of drug-likeness (QED) is 0.843. The Kier molecular flexibility index (Phi) is 3.79. The number of para-hydroxylation sites is 1. The van der Waals surface area contributed by atoms with Crippen LogP contribution in [0.25, 0.3) is 10.9 Å². The molecule has 0 radical (unpaired) electrons. The summed E-state index contributed by atoms with van der Waals surface area (Å²) in [5.41, 5.74) is 0.951. The molecule has 0 atom stereocenters. The van der Waals surface area contributed by atoms with Gasteiger partial charge in [0.15, 0.2) is 6.61 Å². The van der Waals surface area contributed by atoms with Crippen molar-refractivity contribution in [3.05, 3.63) is 36.0 Å². The first kappa shape index (κ1) is 14.1. The number of ether oxygens (including phenoxy) is 1. The van der Waals surface area contributed by atoms with Gasteiger partial charge in [-0.3, -0.25) is 4.79 Å². The Labute approximate surface area is 117 Å². The molecule has 0 spiro atoms. The molecule has 106 valence electrons. The second kappa shape index (κ2) is 5.36. The van der Waals surface area contributed by atoms with Crippen LogP contribution in [0.5, 0.6) is 0 Å². The van der Waals surface area contributed by atoms with E-state index in [0.29, 0.717) is 5.56 Å². The van der Waals surface area contributed by atoms with E-state index in [0.717, 1.165) is 10.9 Å². The van der Waals surface area contributed by atoms with Gasteiger partial charge in [0, 0.05) is 22.6 Å². The lowest BCUT2D eigenvalue weighted by Crippen LogP contribution is -2.42. The minimum atomic E-state index is -0.508. The lowest BCUT2D eigenvalue weighted by molar-refractivity contribution is -0.125. The molecule has 0 aliphatic rings. The molecular formula is C15H18N2O3. The molecule has 1 amide bonds. The molecule has 0 fully saturated rings. The van der Waals surface area contributed by atoms with E-state index in [-0.39, 0.29) is 18.1 Å². The minimum Gasteiger partial charge on any atom is -0.452 e. The molecule has 2 rings (SSSR count). The van der Waals surface area contributed by atoms with Gasteiger partial charge in [0.05, 0.1) is 5.56 Å². The highest BCUT2D eigenvalue weighted by molar-refractivity contribution is 6.04. The topological polar surface area (TPSA) is 71.2 Å². The molecule has 1 aromatic carbocycles. The summed E-state index contributed by atoms with van der Waals surface area (Å²) in [5.74, 6) is -0.822. The predicted octanol–water partition coefficient (Wildman–Crippen LogP) is 2.24. The number of benzene rings is 1. The van der Waals surface area contributed by atoms with Gasteiger partial charge in [-0.25, -0.2) is 4.79 Å². The van der Waals surface area contributed by atoms with E-state index in [2.05, 4.69) is 10.3 Å². The van der Waals surface area contributed by atoms with Gasteiger partial charge < -0.3 is 15.0 Å². The highest BCUT2D eigenvalue weighted by atomic mass is 16.5. The highest BCUT2D eigenvalue weighted by Gasteiger charge is 2.17. The summed E-state index contributed by atoms with van der Waals surface area (Å²) in [7, 11) is 0. The number of rotatable bonds is 3. The van der Waals surface area contributed by atoms with E-state index < -0.39 is 5.97 Å². The van der Waals surface area contributed by atoms with E-state index >= 15 is 0 Å². The lowest BCUT2D eigenvalue weighted by atomic mass is 10.1. The molecule has 1 aromatic heterocycles. The molecule has 2 aromatic rings. The number of nitrogens with one attached hydrogen (secondary N) is 2. The lowest BCUT2D eigenvalue weighted by Gasteiger charge is -2.20. The fraction of sp³-hybridized carbons (Fsp3) is 0.333. The van der Waals surface area contributed by atoms with Crippen LogP contribution in [0.4, 0.5) is 0 Å². The van der Waals surface area contributed by atoms with Gasteiger partial charge in [-0.2, -0.15) is 0 Å². The highest BCUT2D eigenvalue weighted by Crippen LogP contribution is 2.18. The molecule has 5 heteroatoms. The summed E-state index contributed by atoms with van der Waals surface area (Å²) in [6.45, 7) is 5.32. The molecule has 0 aliphatic heterocycles. The molecule has 0 saturated heterocycles. The minimum absolute atomic E-state index is 0.282. The van der Waals surface area contributed by atoms with Crippen LogP contribution in [-0.2, 0) is 9.53 Å². The zero-order chi connectivity index (χ0) is 14.8. The molecule has 0 saturated carbocycles. The fourth-order valence-electron chi connectivity index (χ4n) is 1.90. The molecular weight excluding hydrogens is 256 g/mol. The number of esters is 1. The van der Waals surface area contributed by atoms with Crippen molar-refractivity contribution >= 4 is 22.8 Å². The van der Waals surface area contributed by atoms with E-state index in [1.54, 1.807) is 6.20 Å². The van der Waals surface area contributed by atoms with Gasteiger partial charge in [-0.1, -0.05) is 18.2 Å². The number of carbonyl (C=O) groups excluding carboxylic acids is 2. The molecule has 0 unspecified atom stereocenters. The summed E-state index contributed by atoms with van der Waals surface area (Å²) in [4.78, 5) is 26.6. The Bertz CT molecular complexity index is 638. The Balaban J connectivity index is 2.01. The van der Waals surface area contributed by atoms with E-state index in [1.165, 1.54) is 0 Å². The standard InChI is InChI=1S/C15H18N2O3/c1-15(2,3)17-13(18)9-20-14(19)11-8-16-12-7-5-4-6-10(11)12/h4-8,16H,9H2,1-3H3,(H,17,18). The average Bonchev–Trinajstić information content (AvgIpc) is 2.78. The molecule has 0 aliphatic carbocycles. The first-order valence-corrected chi connectivity index (χ1v) is 6.41. The van der Waals surface area contributed by atoms with Crippen LogP contribution < -0.4 is 5.32 Å². The summed E-state index contributed by atoms with van der Waals surface area (Å²) in [5, 5.41) is 3.52. The van der Waals surface area contributed by atoms with Gasteiger partial charge in [0.1, 0.15) is 0 Å². The largest absolute Gasteiger partial charge is 0.452 e. The zero-order valence-corrected chi connectivity index (χ0v) is 11.8. The number of hydrogen-bond acceptors (Lipinski definition) is 3. The van der Waals surface area contributed by atoms with Crippen LogP contribution in [0.2, 0.25) is 0 Å². The van der Waals surface area contributed by atoms with E-state index in [9.17, 15) is 9.59 Å². The molecule has 20 heavy (non-hydrogen) atoms. The number of carbonyl (C=O) groups is 2. The maximum Gasteiger partial charge on any atom is 0.340 e. The van der Waals surface area contributed by atoms with Gasteiger partial charge in [-0.15, -0.1) is 0 Å². The van der Waals surface area contributed by atoms with Crippen molar-refractivity contribution in [2.45, 2.75) is 26.3 Å². The van der Waals surface area contributed by atoms with Crippen molar-refractivity contribution in [1.29, 1.82) is 0 Å². The predicted molar refractivity (Wildman–Crippen MR) is 76.5 cm³/mol. The first-order chi connectivity index (χ1) is 9.37. The summed E-state index contributed by atoms with van der Waals surface area (Å²) < 4.78 is 5.03. The van der Waals surface area contributed by atoms with E-state index in [4.69, 9.17) is 4.74 Å². The van der Waals surface area contributed by atoms with Gasteiger partial charge in [0.25, 0.3) is 5.91 Å². The zero-order valence-electron chi connectivity index (χ0n) is 11.8. The Morgan fingerprint density at radius 1 is 1.25 bits per heavy atom. The normalized spacial score (nSPS) is 11.3. The van der Waals surface area contributed by atoms with Crippen LogP contribution in [-0.4, -0.2) is 29.0 Å². The van der Waals surface area contributed by atoms with Crippen molar-refractivity contribution in [1.82, 2.24) is 10.3 Å². The number of aromatic nitrogens is 1. The number of aromatic amines is 1.